The van der Waals surface area contributed by atoms with Gasteiger partial charge in [0.1, 0.15) is 6.29 Å². The van der Waals surface area contributed by atoms with Gasteiger partial charge in [-0.25, -0.2) is 0 Å². The average molecular weight is 176 g/mol. The van der Waals surface area contributed by atoms with Crippen molar-refractivity contribution in [3.8, 4) is 6.07 Å². The zero-order valence-corrected chi connectivity index (χ0v) is 7.70. The summed E-state index contributed by atoms with van der Waals surface area (Å²) in [6, 6.07) is 2.08. The summed E-state index contributed by atoms with van der Waals surface area (Å²) in [5.41, 5.74) is -0.272. The zero-order valence-electron chi connectivity index (χ0n) is 7.70. The second-order valence-corrected chi connectivity index (χ2v) is 3.67. The molecule has 3 nitrogen and oxygen atoms in total. The van der Waals surface area contributed by atoms with Crippen molar-refractivity contribution in [1.82, 2.24) is 4.81 Å². The van der Waals surface area contributed by atoms with Crippen LogP contribution in [0.5, 0.6) is 0 Å². The van der Waals surface area contributed by atoms with Crippen molar-refractivity contribution in [2.24, 2.45) is 5.41 Å². The maximum atomic E-state index is 10.9. The highest BCUT2D eigenvalue weighted by molar-refractivity contribution is 6.04. The molecule has 1 saturated heterocycles. The lowest BCUT2D eigenvalue weighted by Gasteiger charge is -2.36. The van der Waals surface area contributed by atoms with E-state index in [4.69, 9.17) is 13.2 Å². The summed E-state index contributed by atoms with van der Waals surface area (Å²) in [6.45, 7) is 1.51. The van der Waals surface area contributed by atoms with Gasteiger partial charge in [-0.05, 0) is 32.4 Å². The van der Waals surface area contributed by atoms with Crippen molar-refractivity contribution in [3.63, 3.8) is 0 Å². The van der Waals surface area contributed by atoms with E-state index in [1.165, 1.54) is 0 Å². The fraction of sp³-hybridized carbons (Fsp3) is 0.778. The zero-order chi connectivity index (χ0) is 9.73. The van der Waals surface area contributed by atoms with Crippen molar-refractivity contribution in [2.45, 2.75) is 25.7 Å². The lowest BCUT2D eigenvalue weighted by atomic mass is 9.75. The molecule has 1 fully saturated rings. The Labute approximate surface area is 80.1 Å². The summed E-state index contributed by atoms with van der Waals surface area (Å²) < 4.78 is 0. The van der Waals surface area contributed by atoms with Crippen LogP contribution in [0.4, 0.5) is 0 Å². The van der Waals surface area contributed by atoms with E-state index in [-0.39, 0.29) is 5.41 Å². The van der Waals surface area contributed by atoms with Crippen molar-refractivity contribution >= 4 is 14.3 Å². The molecule has 0 spiro atoms. The van der Waals surface area contributed by atoms with Crippen LogP contribution in [0.1, 0.15) is 25.7 Å². The van der Waals surface area contributed by atoms with Crippen LogP contribution in [0, 0.1) is 16.7 Å². The SMILES string of the molecule is [B]N1CCC(C=O)(CCC#N)CC1. The molecule has 1 aliphatic heterocycles. The monoisotopic (exact) mass is 176 g/mol. The summed E-state index contributed by atoms with van der Waals surface area (Å²) in [4.78, 5) is 12.7. The molecule has 13 heavy (non-hydrogen) atoms. The first-order valence-electron chi connectivity index (χ1n) is 4.55. The Morgan fingerprint density at radius 2 is 2.15 bits per heavy atom. The predicted molar refractivity (Wildman–Crippen MR) is 49.9 cm³/mol. The maximum Gasteiger partial charge on any atom is 0.182 e. The predicted octanol–water partition coefficient (Wildman–Crippen LogP) is 0.655. The number of nitrogens with zero attached hydrogens (tertiary/aromatic N) is 2. The number of nitriles is 1. The molecule has 1 rings (SSSR count). The highest BCUT2D eigenvalue weighted by Crippen LogP contribution is 2.33. The van der Waals surface area contributed by atoms with Gasteiger partial charge in [0.2, 0.25) is 0 Å². The molecule has 4 heteroatoms. The molecule has 0 aromatic heterocycles. The van der Waals surface area contributed by atoms with E-state index in [1.807, 2.05) is 0 Å². The number of hydrogen-bond donors (Lipinski definition) is 0. The van der Waals surface area contributed by atoms with Crippen LogP contribution in [0.15, 0.2) is 0 Å². The van der Waals surface area contributed by atoms with Crippen LogP contribution >= 0.6 is 0 Å². The standard InChI is InChI=1S/C9H13BN2O/c10-12-6-3-9(8-13,4-7-12)2-1-5-11/h8H,1-4,6-7H2. The van der Waals surface area contributed by atoms with E-state index in [0.29, 0.717) is 12.8 Å². The fourth-order valence-electron chi connectivity index (χ4n) is 1.70. The Bertz CT molecular complexity index is 216. The van der Waals surface area contributed by atoms with E-state index in [9.17, 15) is 4.79 Å². The molecule has 1 aliphatic rings. The van der Waals surface area contributed by atoms with Crippen LogP contribution in [0.25, 0.3) is 0 Å². The molecular weight excluding hydrogens is 163 g/mol. The van der Waals surface area contributed by atoms with E-state index < -0.39 is 0 Å². The molecule has 2 radical (unpaired) electrons. The summed E-state index contributed by atoms with van der Waals surface area (Å²) in [6.07, 6.45) is 3.73. The quantitative estimate of drug-likeness (QED) is 0.468. The molecule has 68 valence electrons. The molecule has 0 unspecified atom stereocenters. The second-order valence-electron chi connectivity index (χ2n) is 3.67. The van der Waals surface area contributed by atoms with Crippen LogP contribution in [0.3, 0.4) is 0 Å². The molecule has 0 aromatic carbocycles. The van der Waals surface area contributed by atoms with Crippen molar-refractivity contribution in [1.29, 1.82) is 5.26 Å². The number of aldehydes is 1. The lowest BCUT2D eigenvalue weighted by molar-refractivity contribution is -0.118. The molecular formula is C9H13BN2O. The number of rotatable bonds is 3. The third-order valence-corrected chi connectivity index (χ3v) is 2.78. The van der Waals surface area contributed by atoms with Gasteiger partial charge in [0.15, 0.2) is 7.98 Å². The molecule has 1 heterocycles. The minimum absolute atomic E-state index is 0.272. The smallest absolute Gasteiger partial charge is 0.182 e. The lowest BCUT2D eigenvalue weighted by Crippen LogP contribution is -2.39. The first-order valence-corrected chi connectivity index (χ1v) is 4.55. The van der Waals surface area contributed by atoms with Crippen molar-refractivity contribution < 1.29 is 4.79 Å². The highest BCUT2D eigenvalue weighted by atomic mass is 16.1. The van der Waals surface area contributed by atoms with Crippen molar-refractivity contribution in [2.75, 3.05) is 13.1 Å². The van der Waals surface area contributed by atoms with Gasteiger partial charge in [0, 0.05) is 11.8 Å². The molecule has 0 aliphatic carbocycles. The summed E-state index contributed by atoms with van der Waals surface area (Å²) in [5.74, 6) is 0. The Morgan fingerprint density at radius 3 is 2.62 bits per heavy atom. The normalized spacial score (nSPS) is 22.1. The molecule has 0 aromatic rings. The molecule has 0 atom stereocenters. The Morgan fingerprint density at radius 1 is 1.54 bits per heavy atom. The van der Waals surface area contributed by atoms with Gasteiger partial charge >= 0.3 is 0 Å². The minimum atomic E-state index is -0.272. The largest absolute Gasteiger partial charge is 0.353 e. The highest BCUT2D eigenvalue weighted by Gasteiger charge is 2.32. The Hall–Kier alpha value is -0.815. The summed E-state index contributed by atoms with van der Waals surface area (Å²) >= 11 is 0. The van der Waals surface area contributed by atoms with E-state index >= 15 is 0 Å². The molecule has 0 bridgehead atoms. The average Bonchev–Trinajstić information content (AvgIpc) is 2.18. The topological polar surface area (TPSA) is 44.1 Å². The second kappa shape index (κ2) is 4.43. The Kier molecular flexibility index (Phi) is 3.50. The first kappa shape index (κ1) is 10.3. The summed E-state index contributed by atoms with van der Waals surface area (Å²) in [5, 5.41) is 8.46. The molecule has 0 saturated carbocycles. The van der Waals surface area contributed by atoms with Gasteiger partial charge in [0.25, 0.3) is 0 Å². The van der Waals surface area contributed by atoms with Crippen LogP contribution in [0.2, 0.25) is 0 Å². The van der Waals surface area contributed by atoms with Crippen LogP contribution in [-0.4, -0.2) is 32.2 Å². The van der Waals surface area contributed by atoms with Crippen LogP contribution in [-0.2, 0) is 4.79 Å². The van der Waals surface area contributed by atoms with Crippen molar-refractivity contribution in [3.05, 3.63) is 0 Å². The number of carbonyl (C=O) groups is 1. The van der Waals surface area contributed by atoms with Gasteiger partial charge < -0.3 is 9.61 Å². The van der Waals surface area contributed by atoms with Crippen LogP contribution < -0.4 is 0 Å². The summed E-state index contributed by atoms with van der Waals surface area (Å²) in [7, 11) is 5.59. The number of carbonyl (C=O) groups excluding carboxylic acids is 1. The molecule has 0 N–H and O–H groups in total. The minimum Gasteiger partial charge on any atom is -0.353 e. The maximum absolute atomic E-state index is 10.9. The van der Waals surface area contributed by atoms with E-state index in [0.717, 1.165) is 32.2 Å². The van der Waals surface area contributed by atoms with Gasteiger partial charge in [-0.3, -0.25) is 0 Å². The van der Waals surface area contributed by atoms with Gasteiger partial charge in [-0.1, -0.05) is 0 Å². The van der Waals surface area contributed by atoms with E-state index in [1.54, 1.807) is 4.81 Å². The third-order valence-electron chi connectivity index (χ3n) is 2.78. The third kappa shape index (κ3) is 2.56. The van der Waals surface area contributed by atoms with E-state index in [2.05, 4.69) is 6.07 Å². The van der Waals surface area contributed by atoms with Gasteiger partial charge in [-0.2, -0.15) is 5.26 Å². The number of hydrogen-bond acceptors (Lipinski definition) is 3. The number of piperidine rings is 1. The Balaban J connectivity index is 2.51. The molecule has 0 amide bonds. The first-order chi connectivity index (χ1) is 6.22. The van der Waals surface area contributed by atoms with Gasteiger partial charge in [-0.15, -0.1) is 0 Å². The fourth-order valence-corrected chi connectivity index (χ4v) is 1.70. The van der Waals surface area contributed by atoms with Gasteiger partial charge in [0.05, 0.1) is 6.07 Å².